The number of anilines is 1. The van der Waals surface area contributed by atoms with E-state index in [-0.39, 0.29) is 42.6 Å². The Balaban J connectivity index is 1.11. The third kappa shape index (κ3) is 7.32. The molecule has 1 aromatic heterocycles. The van der Waals surface area contributed by atoms with Gasteiger partial charge in [0.1, 0.15) is 25.0 Å². The standard InChI is InChI=1S/C35H41F3N4O5S/c36-35(37,38)29-8-1-4-11-32(29)48(44,45)42-28(25-47-31-10-3-2-9-30(31)42)24-46-26-33(43)41-22-15-34(16-23-41,27-12-17-39-18-13-27)14-7-21-40-19-5-6-20-40/h1-4,8-13,17-18,28H,5-7,14-16,19-26H2. The highest BCUT2D eigenvalue weighted by atomic mass is 32.2. The molecule has 0 radical (unpaired) electrons. The van der Waals surface area contributed by atoms with Gasteiger partial charge in [0.05, 0.1) is 22.8 Å². The normalized spacial score (nSPS) is 19.9. The van der Waals surface area contributed by atoms with Crippen LogP contribution in [0.3, 0.4) is 0 Å². The molecule has 0 saturated carbocycles. The van der Waals surface area contributed by atoms with Crippen LogP contribution in [0, 0.1) is 0 Å². The number of likely N-dealkylation sites (tertiary alicyclic amines) is 2. The first-order valence-corrected chi connectivity index (χ1v) is 17.9. The molecule has 1 unspecified atom stereocenters. The van der Waals surface area contributed by atoms with E-state index in [1.54, 1.807) is 23.1 Å². The van der Waals surface area contributed by atoms with Crippen LogP contribution in [0.5, 0.6) is 5.75 Å². The molecule has 1 atom stereocenters. The van der Waals surface area contributed by atoms with Crippen molar-refractivity contribution in [2.24, 2.45) is 0 Å². The van der Waals surface area contributed by atoms with E-state index in [0.29, 0.717) is 13.1 Å². The minimum absolute atomic E-state index is 0.0469. The molecule has 9 nitrogen and oxygen atoms in total. The number of pyridine rings is 1. The molecule has 2 fully saturated rings. The number of hydrogen-bond donors (Lipinski definition) is 0. The molecular formula is C35H41F3N4O5S. The highest BCUT2D eigenvalue weighted by molar-refractivity contribution is 7.93. The number of sulfonamides is 1. The second kappa shape index (κ2) is 14.4. The van der Waals surface area contributed by atoms with Crippen LogP contribution in [0.25, 0.3) is 0 Å². The average molecular weight is 687 g/mol. The molecule has 0 spiro atoms. The van der Waals surface area contributed by atoms with Crippen LogP contribution in [-0.4, -0.2) is 87.7 Å². The lowest BCUT2D eigenvalue weighted by Gasteiger charge is -2.43. The van der Waals surface area contributed by atoms with E-state index in [4.69, 9.17) is 9.47 Å². The van der Waals surface area contributed by atoms with E-state index in [1.807, 2.05) is 12.4 Å². The third-order valence-corrected chi connectivity index (χ3v) is 11.7. The topological polar surface area (TPSA) is 92.3 Å². The number of rotatable bonds is 11. The van der Waals surface area contributed by atoms with Gasteiger partial charge in [0, 0.05) is 25.5 Å². The number of alkyl halides is 3. The Morgan fingerprint density at radius 2 is 1.65 bits per heavy atom. The fourth-order valence-corrected chi connectivity index (χ4v) is 9.13. The number of nitrogens with zero attached hydrogens (tertiary/aromatic N) is 4. The number of amides is 1. The fourth-order valence-electron chi connectivity index (χ4n) is 7.28. The van der Waals surface area contributed by atoms with Crippen LogP contribution in [-0.2, 0) is 31.1 Å². The first-order chi connectivity index (χ1) is 23.1. The Bertz CT molecular complexity index is 1660. The number of carbonyl (C=O) groups is 1. The van der Waals surface area contributed by atoms with Gasteiger partial charge in [-0.1, -0.05) is 24.3 Å². The minimum atomic E-state index is -4.88. The van der Waals surface area contributed by atoms with Crippen molar-refractivity contribution in [3.8, 4) is 5.75 Å². The molecule has 48 heavy (non-hydrogen) atoms. The van der Waals surface area contributed by atoms with Gasteiger partial charge in [0.2, 0.25) is 5.91 Å². The van der Waals surface area contributed by atoms with Crippen molar-refractivity contribution in [3.05, 3.63) is 84.2 Å². The molecule has 3 aromatic rings. The summed E-state index contributed by atoms with van der Waals surface area (Å²) in [5.74, 6) is 0.00802. The summed E-state index contributed by atoms with van der Waals surface area (Å²) in [7, 11) is -4.71. The maximum atomic E-state index is 13.9. The Kier molecular flexibility index (Phi) is 10.3. The van der Waals surface area contributed by atoms with Crippen LogP contribution >= 0.6 is 0 Å². The van der Waals surface area contributed by atoms with E-state index < -0.39 is 32.7 Å². The monoisotopic (exact) mass is 686 g/mol. The lowest BCUT2D eigenvalue weighted by Crippen LogP contribution is -2.50. The molecule has 0 N–H and O–H groups in total. The fraction of sp³-hybridized carbons (Fsp3) is 0.486. The smallest absolute Gasteiger partial charge is 0.417 e. The molecule has 2 aromatic carbocycles. The zero-order valence-corrected chi connectivity index (χ0v) is 27.6. The number of fused-ring (bicyclic) bond motifs is 1. The highest BCUT2D eigenvalue weighted by Gasteiger charge is 2.43. The lowest BCUT2D eigenvalue weighted by atomic mass is 9.70. The van der Waals surface area contributed by atoms with Crippen LogP contribution in [0.15, 0.2) is 78.0 Å². The first kappa shape index (κ1) is 34.2. The number of para-hydroxylation sites is 2. The number of piperidine rings is 1. The summed E-state index contributed by atoms with van der Waals surface area (Å²) in [6, 6.07) is 13.5. The summed E-state index contributed by atoms with van der Waals surface area (Å²) in [5, 5.41) is 0. The Morgan fingerprint density at radius 3 is 2.38 bits per heavy atom. The van der Waals surface area contributed by atoms with Crippen molar-refractivity contribution in [1.82, 2.24) is 14.8 Å². The predicted octanol–water partition coefficient (Wildman–Crippen LogP) is 5.51. The predicted molar refractivity (Wildman–Crippen MR) is 174 cm³/mol. The van der Waals surface area contributed by atoms with Gasteiger partial charge < -0.3 is 19.3 Å². The highest BCUT2D eigenvalue weighted by Crippen LogP contribution is 2.42. The van der Waals surface area contributed by atoms with Gasteiger partial charge in [-0.15, -0.1) is 0 Å². The third-order valence-electron chi connectivity index (χ3n) is 9.82. The Labute approximate surface area is 279 Å². The van der Waals surface area contributed by atoms with Gasteiger partial charge in [-0.25, -0.2) is 8.42 Å². The van der Waals surface area contributed by atoms with E-state index in [2.05, 4.69) is 22.0 Å². The number of halogens is 3. The van der Waals surface area contributed by atoms with E-state index in [1.165, 1.54) is 30.5 Å². The number of aromatic nitrogens is 1. The summed E-state index contributed by atoms with van der Waals surface area (Å²) >= 11 is 0. The lowest BCUT2D eigenvalue weighted by molar-refractivity contribution is -0.140. The SMILES string of the molecule is O=C(COCC1COc2ccccc2N1S(=O)(=O)c1ccccc1C(F)(F)F)N1CCC(CCCN2CCCC2)(c2ccncc2)CC1. The molecule has 13 heteroatoms. The van der Waals surface area contributed by atoms with Crippen molar-refractivity contribution in [3.63, 3.8) is 0 Å². The van der Waals surface area contributed by atoms with Gasteiger partial charge >= 0.3 is 6.18 Å². The molecule has 3 aliphatic heterocycles. The van der Waals surface area contributed by atoms with Gasteiger partial charge in [-0.3, -0.25) is 14.1 Å². The minimum Gasteiger partial charge on any atom is -0.489 e. The summed E-state index contributed by atoms with van der Waals surface area (Å²) in [5.41, 5.74) is 0.0456. The molecule has 258 valence electrons. The molecule has 6 rings (SSSR count). The van der Waals surface area contributed by atoms with Gasteiger partial charge in [-0.05, 0) is 106 Å². The zero-order valence-electron chi connectivity index (χ0n) is 26.8. The maximum absolute atomic E-state index is 13.9. The van der Waals surface area contributed by atoms with Crippen molar-refractivity contribution in [1.29, 1.82) is 0 Å². The molecule has 0 bridgehead atoms. The summed E-state index contributed by atoms with van der Waals surface area (Å²) in [6.45, 7) is 3.82. The Hall–Kier alpha value is -3.68. The molecule has 0 aliphatic carbocycles. The zero-order chi connectivity index (χ0) is 33.8. The number of ether oxygens (including phenoxy) is 2. The quantitative estimate of drug-likeness (QED) is 0.263. The van der Waals surface area contributed by atoms with Gasteiger partial charge in [-0.2, -0.15) is 13.2 Å². The van der Waals surface area contributed by atoms with E-state index in [0.717, 1.165) is 67.8 Å². The number of carbonyl (C=O) groups excluding carboxylic acids is 1. The van der Waals surface area contributed by atoms with Crippen LogP contribution in [0.4, 0.5) is 18.9 Å². The van der Waals surface area contributed by atoms with Gasteiger partial charge in [0.15, 0.2) is 0 Å². The van der Waals surface area contributed by atoms with Crippen molar-refractivity contribution in [2.45, 2.75) is 61.1 Å². The number of hydrogen-bond acceptors (Lipinski definition) is 7. The maximum Gasteiger partial charge on any atom is 0.417 e. The first-order valence-electron chi connectivity index (χ1n) is 16.5. The molecule has 2 saturated heterocycles. The van der Waals surface area contributed by atoms with Crippen LogP contribution in [0.1, 0.15) is 49.7 Å². The summed E-state index contributed by atoms with van der Waals surface area (Å²) in [4.78, 5) is 21.0. The van der Waals surface area contributed by atoms with Crippen molar-refractivity contribution < 1.29 is 35.9 Å². The molecule has 4 heterocycles. The second-order valence-electron chi connectivity index (χ2n) is 12.8. The molecule has 1 amide bonds. The summed E-state index contributed by atoms with van der Waals surface area (Å²) < 4.78 is 82.1. The Morgan fingerprint density at radius 1 is 0.958 bits per heavy atom. The number of benzene rings is 2. The van der Waals surface area contributed by atoms with Crippen LogP contribution in [0.2, 0.25) is 0 Å². The summed E-state index contributed by atoms with van der Waals surface area (Å²) in [6.07, 6.45) is 5.00. The molecule has 3 aliphatic rings. The van der Waals surface area contributed by atoms with Crippen LogP contribution < -0.4 is 9.04 Å². The van der Waals surface area contributed by atoms with E-state index >= 15 is 0 Å². The average Bonchev–Trinajstić information content (AvgIpc) is 3.62. The van der Waals surface area contributed by atoms with E-state index in [9.17, 15) is 26.4 Å². The second-order valence-corrected chi connectivity index (χ2v) is 14.6. The molecular weight excluding hydrogens is 645 g/mol. The van der Waals surface area contributed by atoms with Crippen molar-refractivity contribution in [2.75, 3.05) is 56.8 Å². The van der Waals surface area contributed by atoms with Crippen molar-refractivity contribution >= 4 is 21.6 Å². The van der Waals surface area contributed by atoms with Gasteiger partial charge in [0.25, 0.3) is 10.0 Å². The largest absolute Gasteiger partial charge is 0.489 e.